The van der Waals surface area contributed by atoms with Crippen LogP contribution in [0.25, 0.3) is 0 Å². The van der Waals surface area contributed by atoms with Crippen LogP contribution < -0.4 is 0 Å². The van der Waals surface area contributed by atoms with Gasteiger partial charge in [0.15, 0.2) is 4.67 Å². The summed E-state index contributed by atoms with van der Waals surface area (Å²) in [7, 11) is 0. The first-order valence-corrected chi connectivity index (χ1v) is 6.93. The number of halogens is 1. The van der Waals surface area contributed by atoms with Crippen molar-refractivity contribution >= 4 is 15.9 Å². The van der Waals surface area contributed by atoms with Gasteiger partial charge in [-0.05, 0) is 52.7 Å². The van der Waals surface area contributed by atoms with Crippen LogP contribution in [0.2, 0.25) is 0 Å². The Hall–Kier alpha value is -0.280. The Morgan fingerprint density at radius 2 is 2.31 bits per heavy atom. The first-order chi connectivity index (χ1) is 7.70. The number of furan rings is 1. The molecular weight excluding hydrogens is 268 g/mol. The molecular formula is C13H19BrO2. The first kappa shape index (κ1) is 12.2. The van der Waals surface area contributed by atoms with Crippen LogP contribution in [0.3, 0.4) is 0 Å². The van der Waals surface area contributed by atoms with E-state index in [1.807, 2.05) is 12.1 Å². The number of hydrogen-bond donors (Lipinski definition) is 1. The van der Waals surface area contributed by atoms with Gasteiger partial charge in [-0.2, -0.15) is 0 Å². The standard InChI is InChI=1S/C13H19BrO2/c1-2-9-4-3-5-10(8-9)13(15)11-6-7-12(14)16-11/h6-7,9-10,13,15H,2-5,8H2,1H3. The van der Waals surface area contributed by atoms with Crippen LogP contribution >= 0.6 is 15.9 Å². The highest BCUT2D eigenvalue weighted by molar-refractivity contribution is 9.10. The summed E-state index contributed by atoms with van der Waals surface area (Å²) in [5, 5.41) is 10.3. The second-order valence-corrected chi connectivity index (χ2v) is 5.57. The lowest BCUT2D eigenvalue weighted by atomic mass is 9.77. The van der Waals surface area contributed by atoms with Crippen molar-refractivity contribution in [2.24, 2.45) is 11.8 Å². The Morgan fingerprint density at radius 1 is 1.50 bits per heavy atom. The van der Waals surface area contributed by atoms with E-state index < -0.39 is 6.10 Å². The monoisotopic (exact) mass is 286 g/mol. The smallest absolute Gasteiger partial charge is 0.169 e. The molecule has 0 saturated heterocycles. The zero-order valence-electron chi connectivity index (χ0n) is 9.66. The van der Waals surface area contributed by atoms with E-state index >= 15 is 0 Å². The number of aliphatic hydroxyl groups is 1. The van der Waals surface area contributed by atoms with Gasteiger partial charge in [0.2, 0.25) is 0 Å². The van der Waals surface area contributed by atoms with Crippen molar-refractivity contribution in [1.82, 2.24) is 0 Å². The van der Waals surface area contributed by atoms with Crippen LogP contribution in [0.4, 0.5) is 0 Å². The van der Waals surface area contributed by atoms with Crippen molar-refractivity contribution in [2.75, 3.05) is 0 Å². The molecule has 3 heteroatoms. The summed E-state index contributed by atoms with van der Waals surface area (Å²) in [4.78, 5) is 0. The zero-order valence-corrected chi connectivity index (χ0v) is 11.2. The fourth-order valence-corrected chi connectivity index (χ4v) is 3.03. The molecule has 0 bridgehead atoms. The largest absolute Gasteiger partial charge is 0.452 e. The third-order valence-corrected chi connectivity index (χ3v) is 4.16. The van der Waals surface area contributed by atoms with E-state index in [1.165, 1.54) is 19.3 Å². The Labute approximate surface area is 105 Å². The van der Waals surface area contributed by atoms with Gasteiger partial charge in [-0.25, -0.2) is 0 Å². The van der Waals surface area contributed by atoms with Crippen molar-refractivity contribution in [3.63, 3.8) is 0 Å². The van der Waals surface area contributed by atoms with Crippen LogP contribution in [0.1, 0.15) is 50.9 Å². The summed E-state index contributed by atoms with van der Waals surface area (Å²) in [6.45, 7) is 2.24. The van der Waals surface area contributed by atoms with Gasteiger partial charge < -0.3 is 9.52 Å². The minimum Gasteiger partial charge on any atom is -0.452 e. The highest BCUT2D eigenvalue weighted by Crippen LogP contribution is 2.39. The molecule has 1 fully saturated rings. The van der Waals surface area contributed by atoms with Crippen LogP contribution in [0.15, 0.2) is 21.2 Å². The average Bonchev–Trinajstić information content (AvgIpc) is 2.75. The predicted molar refractivity (Wildman–Crippen MR) is 67.1 cm³/mol. The van der Waals surface area contributed by atoms with Gasteiger partial charge in [-0.1, -0.05) is 26.2 Å². The van der Waals surface area contributed by atoms with E-state index in [1.54, 1.807) is 0 Å². The van der Waals surface area contributed by atoms with Crippen molar-refractivity contribution in [3.05, 3.63) is 22.6 Å². The molecule has 0 aliphatic heterocycles. The summed E-state index contributed by atoms with van der Waals surface area (Å²) in [5.74, 6) is 1.86. The topological polar surface area (TPSA) is 33.4 Å². The van der Waals surface area contributed by atoms with Gasteiger partial charge >= 0.3 is 0 Å². The lowest BCUT2D eigenvalue weighted by molar-refractivity contribution is 0.0500. The maximum absolute atomic E-state index is 10.3. The molecule has 1 saturated carbocycles. The summed E-state index contributed by atoms with van der Waals surface area (Å²) in [6, 6.07) is 3.71. The van der Waals surface area contributed by atoms with Gasteiger partial charge in [0, 0.05) is 0 Å². The lowest BCUT2D eigenvalue weighted by Gasteiger charge is -2.30. The molecule has 1 aromatic rings. The molecule has 1 aliphatic carbocycles. The highest BCUT2D eigenvalue weighted by Gasteiger charge is 2.29. The minimum absolute atomic E-state index is 0.372. The van der Waals surface area contributed by atoms with Crippen LogP contribution in [0.5, 0.6) is 0 Å². The molecule has 0 radical (unpaired) electrons. The summed E-state index contributed by atoms with van der Waals surface area (Å²) < 4.78 is 6.13. The Balaban J connectivity index is 2.01. The maximum atomic E-state index is 10.3. The Bertz CT molecular complexity index is 334. The van der Waals surface area contributed by atoms with E-state index in [0.29, 0.717) is 16.3 Å². The maximum Gasteiger partial charge on any atom is 0.169 e. The van der Waals surface area contributed by atoms with Gasteiger partial charge in [0.05, 0.1) is 0 Å². The van der Waals surface area contributed by atoms with Gasteiger partial charge in [0.25, 0.3) is 0 Å². The summed E-state index contributed by atoms with van der Waals surface area (Å²) >= 11 is 3.27. The molecule has 0 amide bonds. The molecule has 90 valence electrons. The SMILES string of the molecule is CCC1CCCC(C(O)c2ccc(Br)o2)C1. The van der Waals surface area contributed by atoms with Gasteiger partial charge in [-0.3, -0.25) is 0 Å². The van der Waals surface area contributed by atoms with Crippen LogP contribution in [-0.2, 0) is 0 Å². The average molecular weight is 287 g/mol. The normalized spacial score (nSPS) is 27.9. The molecule has 0 aromatic carbocycles. The molecule has 3 atom stereocenters. The molecule has 1 aliphatic rings. The van der Waals surface area contributed by atoms with Crippen molar-refractivity contribution in [1.29, 1.82) is 0 Å². The van der Waals surface area contributed by atoms with Crippen molar-refractivity contribution in [3.8, 4) is 0 Å². The molecule has 0 spiro atoms. The molecule has 2 nitrogen and oxygen atoms in total. The lowest BCUT2D eigenvalue weighted by Crippen LogP contribution is -2.21. The van der Waals surface area contributed by atoms with E-state index in [4.69, 9.17) is 4.42 Å². The molecule has 16 heavy (non-hydrogen) atoms. The van der Waals surface area contributed by atoms with Gasteiger partial charge in [0.1, 0.15) is 11.9 Å². The second-order valence-electron chi connectivity index (χ2n) is 4.79. The summed E-state index contributed by atoms with van der Waals surface area (Å²) in [5.41, 5.74) is 0. The van der Waals surface area contributed by atoms with E-state index in [9.17, 15) is 5.11 Å². The van der Waals surface area contributed by atoms with Crippen LogP contribution in [-0.4, -0.2) is 5.11 Å². The highest BCUT2D eigenvalue weighted by atomic mass is 79.9. The number of rotatable bonds is 3. The minimum atomic E-state index is -0.430. The second kappa shape index (κ2) is 5.37. The molecule has 1 heterocycles. The van der Waals surface area contributed by atoms with Gasteiger partial charge in [-0.15, -0.1) is 0 Å². The number of hydrogen-bond acceptors (Lipinski definition) is 2. The molecule has 1 aromatic heterocycles. The van der Waals surface area contributed by atoms with E-state index in [2.05, 4.69) is 22.9 Å². The summed E-state index contributed by atoms with van der Waals surface area (Å²) in [6.07, 6.45) is 5.61. The zero-order chi connectivity index (χ0) is 11.5. The third kappa shape index (κ3) is 2.69. The molecule has 3 unspecified atom stereocenters. The molecule has 2 rings (SSSR count). The van der Waals surface area contributed by atoms with Crippen LogP contribution in [0, 0.1) is 11.8 Å². The fraction of sp³-hybridized carbons (Fsp3) is 0.692. The number of aliphatic hydroxyl groups excluding tert-OH is 1. The van der Waals surface area contributed by atoms with E-state index in [-0.39, 0.29) is 0 Å². The van der Waals surface area contributed by atoms with E-state index in [0.717, 1.165) is 18.8 Å². The van der Waals surface area contributed by atoms with Crippen molar-refractivity contribution < 1.29 is 9.52 Å². The molecule has 1 N–H and O–H groups in total. The third-order valence-electron chi connectivity index (χ3n) is 3.73. The van der Waals surface area contributed by atoms with Crippen molar-refractivity contribution in [2.45, 2.75) is 45.1 Å². The Kier molecular flexibility index (Phi) is 4.09. The fourth-order valence-electron chi connectivity index (χ4n) is 2.71. The Morgan fingerprint density at radius 3 is 2.94 bits per heavy atom. The quantitative estimate of drug-likeness (QED) is 0.899. The first-order valence-electron chi connectivity index (χ1n) is 6.14. The predicted octanol–water partition coefficient (Wildman–Crippen LogP) is 4.29.